The standard InChI is InChI=1S/C14H25N5O/c1-10-5-6-11(2)19(10)12(3)14(20)15-7-8-18-9-16-17-13(18)4/h9-12H,5-8H2,1-4H3,(H,15,20)/t10-,11+,12-/m1/s1. The maximum absolute atomic E-state index is 12.2. The third kappa shape index (κ3) is 3.17. The van der Waals surface area contributed by atoms with Crippen LogP contribution in [0.15, 0.2) is 6.33 Å². The zero-order valence-electron chi connectivity index (χ0n) is 12.8. The van der Waals surface area contributed by atoms with E-state index < -0.39 is 0 Å². The van der Waals surface area contributed by atoms with Crippen LogP contribution in [0, 0.1) is 6.92 Å². The van der Waals surface area contributed by atoms with E-state index in [9.17, 15) is 4.79 Å². The highest BCUT2D eigenvalue weighted by Gasteiger charge is 2.34. The Hall–Kier alpha value is -1.43. The van der Waals surface area contributed by atoms with Crippen molar-refractivity contribution in [1.82, 2.24) is 25.0 Å². The second-order valence-corrected chi connectivity index (χ2v) is 5.76. The maximum atomic E-state index is 12.2. The Bertz CT molecular complexity index is 448. The van der Waals surface area contributed by atoms with Crippen molar-refractivity contribution in [2.24, 2.45) is 0 Å². The topological polar surface area (TPSA) is 63.1 Å². The Labute approximate surface area is 120 Å². The van der Waals surface area contributed by atoms with Gasteiger partial charge in [-0.2, -0.15) is 0 Å². The smallest absolute Gasteiger partial charge is 0.237 e. The fourth-order valence-electron chi connectivity index (χ4n) is 3.09. The SMILES string of the molecule is Cc1nncn1CCNC(=O)[C@@H](C)N1[C@H](C)CC[C@@H]1C. The van der Waals surface area contributed by atoms with Crippen LogP contribution in [-0.4, -0.2) is 50.2 Å². The molecule has 0 unspecified atom stereocenters. The summed E-state index contributed by atoms with van der Waals surface area (Å²) in [6.07, 6.45) is 4.05. The van der Waals surface area contributed by atoms with Crippen LogP contribution in [-0.2, 0) is 11.3 Å². The molecule has 0 aromatic carbocycles. The number of carbonyl (C=O) groups is 1. The molecule has 3 atom stereocenters. The third-order valence-corrected chi connectivity index (χ3v) is 4.31. The molecule has 1 fully saturated rings. The Balaban J connectivity index is 1.81. The van der Waals surface area contributed by atoms with Crippen molar-refractivity contribution in [3.63, 3.8) is 0 Å². The van der Waals surface area contributed by atoms with Crippen LogP contribution in [0.5, 0.6) is 0 Å². The summed E-state index contributed by atoms with van der Waals surface area (Å²) < 4.78 is 1.94. The lowest BCUT2D eigenvalue weighted by Crippen LogP contribution is -2.49. The van der Waals surface area contributed by atoms with E-state index in [0.29, 0.717) is 25.2 Å². The van der Waals surface area contributed by atoms with Crippen molar-refractivity contribution >= 4 is 5.91 Å². The van der Waals surface area contributed by atoms with E-state index in [2.05, 4.69) is 34.3 Å². The van der Waals surface area contributed by atoms with Crippen molar-refractivity contribution in [3.8, 4) is 0 Å². The van der Waals surface area contributed by atoms with Crippen LogP contribution >= 0.6 is 0 Å². The van der Waals surface area contributed by atoms with Crippen LogP contribution < -0.4 is 5.32 Å². The van der Waals surface area contributed by atoms with Gasteiger partial charge in [-0.1, -0.05) is 0 Å². The van der Waals surface area contributed by atoms with Gasteiger partial charge in [-0.25, -0.2) is 0 Å². The quantitative estimate of drug-likeness (QED) is 0.872. The van der Waals surface area contributed by atoms with Gasteiger partial charge in [0.2, 0.25) is 5.91 Å². The second kappa shape index (κ2) is 6.35. The van der Waals surface area contributed by atoms with Crippen molar-refractivity contribution < 1.29 is 4.79 Å². The molecular formula is C14H25N5O. The number of amides is 1. The molecule has 0 saturated carbocycles. The van der Waals surface area contributed by atoms with Crippen LogP contribution in [0.2, 0.25) is 0 Å². The lowest BCUT2D eigenvalue weighted by atomic mass is 10.2. The molecule has 0 bridgehead atoms. The van der Waals surface area contributed by atoms with E-state index in [4.69, 9.17) is 0 Å². The van der Waals surface area contributed by atoms with Gasteiger partial charge in [-0.05, 0) is 40.5 Å². The average Bonchev–Trinajstić information content (AvgIpc) is 2.96. The van der Waals surface area contributed by atoms with E-state index in [1.54, 1.807) is 6.33 Å². The molecule has 112 valence electrons. The molecule has 2 heterocycles. The minimum absolute atomic E-state index is 0.0653. The first kappa shape index (κ1) is 15.0. The molecular weight excluding hydrogens is 254 g/mol. The van der Waals surface area contributed by atoms with E-state index in [0.717, 1.165) is 5.82 Å². The fourth-order valence-corrected chi connectivity index (χ4v) is 3.09. The molecule has 1 N–H and O–H groups in total. The molecule has 6 nitrogen and oxygen atoms in total. The van der Waals surface area contributed by atoms with Crippen LogP contribution in [0.1, 0.15) is 39.4 Å². The van der Waals surface area contributed by atoms with E-state index in [-0.39, 0.29) is 11.9 Å². The highest BCUT2D eigenvalue weighted by molar-refractivity contribution is 5.81. The van der Waals surface area contributed by atoms with E-state index in [1.165, 1.54) is 12.8 Å². The fraction of sp³-hybridized carbons (Fsp3) is 0.786. The molecule has 1 aliphatic heterocycles. The molecule has 0 spiro atoms. The lowest BCUT2D eigenvalue weighted by Gasteiger charge is -2.31. The van der Waals surface area contributed by atoms with E-state index >= 15 is 0 Å². The summed E-state index contributed by atoms with van der Waals surface area (Å²) in [5.41, 5.74) is 0. The highest BCUT2D eigenvalue weighted by Crippen LogP contribution is 2.25. The molecule has 1 aromatic rings. The van der Waals surface area contributed by atoms with Gasteiger partial charge in [0.1, 0.15) is 12.2 Å². The van der Waals surface area contributed by atoms with E-state index in [1.807, 2.05) is 18.4 Å². The van der Waals surface area contributed by atoms with Crippen LogP contribution in [0.25, 0.3) is 0 Å². The predicted octanol–water partition coefficient (Wildman–Crippen LogP) is 0.964. The maximum Gasteiger partial charge on any atom is 0.237 e. The van der Waals surface area contributed by atoms with Gasteiger partial charge in [0.05, 0.1) is 6.04 Å². The van der Waals surface area contributed by atoms with Gasteiger partial charge in [0.25, 0.3) is 0 Å². The summed E-state index contributed by atoms with van der Waals surface area (Å²) >= 11 is 0. The Kier molecular flexibility index (Phi) is 4.75. The number of aromatic nitrogens is 3. The van der Waals surface area contributed by atoms with Crippen molar-refractivity contribution in [1.29, 1.82) is 0 Å². The van der Waals surface area contributed by atoms with Gasteiger partial charge < -0.3 is 9.88 Å². The second-order valence-electron chi connectivity index (χ2n) is 5.76. The van der Waals surface area contributed by atoms with Gasteiger partial charge in [-0.15, -0.1) is 10.2 Å². The Morgan fingerprint density at radius 2 is 2.10 bits per heavy atom. The Morgan fingerprint density at radius 1 is 1.45 bits per heavy atom. The zero-order valence-corrected chi connectivity index (χ0v) is 12.8. The summed E-state index contributed by atoms with van der Waals surface area (Å²) in [4.78, 5) is 14.6. The van der Waals surface area contributed by atoms with Crippen LogP contribution in [0.4, 0.5) is 0 Å². The van der Waals surface area contributed by atoms with Gasteiger partial charge in [0.15, 0.2) is 0 Å². The summed E-state index contributed by atoms with van der Waals surface area (Å²) in [7, 11) is 0. The van der Waals surface area contributed by atoms with Crippen molar-refractivity contribution in [2.75, 3.05) is 6.54 Å². The normalized spacial score (nSPS) is 24.8. The van der Waals surface area contributed by atoms with Gasteiger partial charge >= 0.3 is 0 Å². The first-order chi connectivity index (χ1) is 9.50. The largest absolute Gasteiger partial charge is 0.353 e. The molecule has 1 amide bonds. The summed E-state index contributed by atoms with van der Waals surface area (Å²) in [6.45, 7) is 9.63. The molecule has 20 heavy (non-hydrogen) atoms. The number of carbonyl (C=O) groups excluding carboxylic acids is 1. The molecule has 0 aliphatic carbocycles. The summed E-state index contributed by atoms with van der Waals surface area (Å²) in [5, 5.41) is 10.8. The Morgan fingerprint density at radius 3 is 2.65 bits per heavy atom. The van der Waals surface area contributed by atoms with Gasteiger partial charge in [0, 0.05) is 25.2 Å². The number of hydrogen-bond acceptors (Lipinski definition) is 4. The third-order valence-electron chi connectivity index (χ3n) is 4.31. The van der Waals surface area contributed by atoms with Crippen LogP contribution in [0.3, 0.4) is 0 Å². The minimum Gasteiger partial charge on any atom is -0.353 e. The minimum atomic E-state index is -0.0653. The molecule has 0 radical (unpaired) electrons. The monoisotopic (exact) mass is 279 g/mol. The number of rotatable bonds is 5. The van der Waals surface area contributed by atoms with Gasteiger partial charge in [-0.3, -0.25) is 9.69 Å². The lowest BCUT2D eigenvalue weighted by molar-refractivity contribution is -0.126. The summed E-state index contributed by atoms with van der Waals surface area (Å²) in [5.74, 6) is 0.977. The highest BCUT2D eigenvalue weighted by atomic mass is 16.2. The number of likely N-dealkylation sites (tertiary alicyclic amines) is 1. The molecule has 2 rings (SSSR count). The molecule has 1 saturated heterocycles. The number of aryl methyl sites for hydroxylation is 1. The number of nitrogens with one attached hydrogen (secondary N) is 1. The molecule has 6 heteroatoms. The zero-order chi connectivity index (χ0) is 14.7. The van der Waals surface area contributed by atoms with Crippen molar-refractivity contribution in [2.45, 2.75) is 65.2 Å². The first-order valence-electron chi connectivity index (χ1n) is 7.40. The predicted molar refractivity (Wildman–Crippen MR) is 77.2 cm³/mol. The number of hydrogen-bond donors (Lipinski definition) is 1. The molecule has 1 aromatic heterocycles. The summed E-state index contributed by atoms with van der Waals surface area (Å²) in [6, 6.07) is 0.918. The first-order valence-corrected chi connectivity index (χ1v) is 7.40. The average molecular weight is 279 g/mol. The molecule has 1 aliphatic rings. The number of nitrogens with zero attached hydrogens (tertiary/aromatic N) is 4. The van der Waals surface area contributed by atoms with Crippen molar-refractivity contribution in [3.05, 3.63) is 12.2 Å².